The van der Waals surface area contributed by atoms with Crippen LogP contribution in [0.1, 0.15) is 24.5 Å². The number of anilines is 3. The van der Waals surface area contributed by atoms with Crippen molar-refractivity contribution in [3.05, 3.63) is 157 Å². The summed E-state index contributed by atoms with van der Waals surface area (Å²) >= 11 is 0. The predicted molar refractivity (Wildman–Crippen MR) is 168 cm³/mol. The fraction of sp³-hybridized carbons (Fsp3) is 0.105. The van der Waals surface area contributed by atoms with E-state index < -0.39 is 0 Å². The minimum atomic E-state index is 0.616. The predicted octanol–water partition coefficient (Wildman–Crippen LogP) is 10.8. The summed E-state index contributed by atoms with van der Waals surface area (Å²) in [5.41, 5.74) is 12.2. The van der Waals surface area contributed by atoms with E-state index in [-0.39, 0.29) is 0 Å². The van der Waals surface area contributed by atoms with Crippen LogP contribution in [0, 0.1) is 12.8 Å². The van der Waals surface area contributed by atoms with Crippen LogP contribution in [-0.4, -0.2) is 0 Å². The van der Waals surface area contributed by atoms with Gasteiger partial charge in [0.2, 0.25) is 0 Å². The monoisotopic (exact) mass is 503 g/mol. The van der Waals surface area contributed by atoms with Gasteiger partial charge in [-0.1, -0.05) is 122 Å². The smallest absolute Gasteiger partial charge is 0.0462 e. The van der Waals surface area contributed by atoms with Crippen molar-refractivity contribution < 1.29 is 0 Å². The van der Waals surface area contributed by atoms with Crippen LogP contribution in [0.4, 0.5) is 17.1 Å². The van der Waals surface area contributed by atoms with Crippen LogP contribution in [0.2, 0.25) is 0 Å². The van der Waals surface area contributed by atoms with Gasteiger partial charge in [0.15, 0.2) is 0 Å². The first-order valence-corrected chi connectivity index (χ1v) is 13.8. The van der Waals surface area contributed by atoms with Crippen LogP contribution in [0.15, 0.2) is 146 Å². The number of hydrogen-bond donors (Lipinski definition) is 0. The summed E-state index contributed by atoms with van der Waals surface area (Å²) in [5, 5.41) is 0. The van der Waals surface area contributed by atoms with Gasteiger partial charge in [-0.15, -0.1) is 0 Å². The molecular weight excluding hydrogens is 470 g/mol. The number of aryl methyl sites for hydroxylation is 1. The summed E-state index contributed by atoms with van der Waals surface area (Å²) in [5.74, 6) is 0.616. The van der Waals surface area contributed by atoms with Crippen molar-refractivity contribution in [2.75, 3.05) is 4.90 Å². The molecule has 0 aliphatic heterocycles. The average molecular weight is 504 g/mol. The Hall–Kier alpha value is -4.62. The quantitative estimate of drug-likeness (QED) is 0.223. The van der Waals surface area contributed by atoms with Crippen LogP contribution in [0.25, 0.3) is 27.8 Å². The Morgan fingerprint density at radius 3 is 1.41 bits per heavy atom. The van der Waals surface area contributed by atoms with E-state index in [1.807, 2.05) is 0 Å². The molecule has 5 aromatic carbocycles. The molecule has 0 spiro atoms. The van der Waals surface area contributed by atoms with Crippen LogP contribution < -0.4 is 4.90 Å². The number of rotatable bonds is 6. The number of benzene rings is 5. The number of hydrogen-bond acceptors (Lipinski definition) is 1. The second kappa shape index (κ2) is 11.0. The van der Waals surface area contributed by atoms with E-state index in [0.717, 1.165) is 23.5 Å². The lowest BCUT2D eigenvalue weighted by Crippen LogP contribution is -2.10. The van der Waals surface area contributed by atoms with Gasteiger partial charge in [0.05, 0.1) is 0 Å². The highest BCUT2D eigenvalue weighted by Crippen LogP contribution is 2.37. The molecule has 1 heteroatoms. The van der Waals surface area contributed by atoms with E-state index >= 15 is 0 Å². The third-order valence-electron chi connectivity index (χ3n) is 7.52. The van der Waals surface area contributed by atoms with Crippen LogP contribution in [0.3, 0.4) is 0 Å². The van der Waals surface area contributed by atoms with Crippen molar-refractivity contribution in [2.24, 2.45) is 5.92 Å². The van der Waals surface area contributed by atoms with Crippen LogP contribution in [-0.2, 0) is 0 Å². The van der Waals surface area contributed by atoms with Crippen molar-refractivity contribution in [2.45, 2.75) is 20.3 Å². The van der Waals surface area contributed by atoms with E-state index in [1.165, 1.54) is 39.0 Å². The normalized spacial score (nSPS) is 14.6. The third-order valence-corrected chi connectivity index (χ3v) is 7.52. The minimum absolute atomic E-state index is 0.616. The Bertz CT molecular complexity index is 1590. The molecule has 0 aromatic heterocycles. The fourth-order valence-electron chi connectivity index (χ4n) is 5.17. The van der Waals surface area contributed by atoms with Crippen molar-refractivity contribution in [3.63, 3.8) is 0 Å². The Labute approximate surface area is 232 Å². The lowest BCUT2D eigenvalue weighted by molar-refractivity contribution is 0.739. The Kier molecular flexibility index (Phi) is 6.97. The van der Waals surface area contributed by atoms with E-state index in [0.29, 0.717) is 5.92 Å². The molecule has 0 heterocycles. The average Bonchev–Trinajstić information content (AvgIpc) is 3.00. The second-order valence-corrected chi connectivity index (χ2v) is 10.4. The van der Waals surface area contributed by atoms with Crippen molar-refractivity contribution in [1.82, 2.24) is 0 Å². The Balaban J connectivity index is 1.36. The van der Waals surface area contributed by atoms with E-state index in [2.05, 4.69) is 164 Å². The zero-order valence-electron chi connectivity index (χ0n) is 22.6. The summed E-state index contributed by atoms with van der Waals surface area (Å²) < 4.78 is 0. The molecule has 1 unspecified atom stereocenters. The minimum Gasteiger partial charge on any atom is -0.311 e. The molecule has 0 amide bonds. The molecule has 1 atom stereocenters. The van der Waals surface area contributed by atoms with Gasteiger partial charge in [0.25, 0.3) is 0 Å². The molecule has 0 radical (unpaired) electrons. The lowest BCUT2D eigenvalue weighted by atomic mass is 9.94. The molecule has 0 N–H and O–H groups in total. The summed E-state index contributed by atoms with van der Waals surface area (Å²) in [6, 6.07) is 46.0. The summed E-state index contributed by atoms with van der Waals surface area (Å²) in [4.78, 5) is 2.34. The first kappa shape index (κ1) is 24.7. The van der Waals surface area contributed by atoms with Crippen molar-refractivity contribution >= 4 is 22.6 Å². The maximum absolute atomic E-state index is 2.35. The topological polar surface area (TPSA) is 3.24 Å². The largest absolute Gasteiger partial charge is 0.311 e. The summed E-state index contributed by atoms with van der Waals surface area (Å²) in [6.45, 7) is 4.39. The fourth-order valence-corrected chi connectivity index (χ4v) is 5.17. The molecule has 190 valence electrons. The van der Waals surface area contributed by atoms with Gasteiger partial charge >= 0.3 is 0 Å². The van der Waals surface area contributed by atoms with Crippen molar-refractivity contribution in [1.29, 1.82) is 0 Å². The van der Waals surface area contributed by atoms with Gasteiger partial charge in [-0.3, -0.25) is 0 Å². The maximum Gasteiger partial charge on any atom is 0.0462 e. The van der Waals surface area contributed by atoms with Crippen LogP contribution >= 0.6 is 0 Å². The van der Waals surface area contributed by atoms with Gasteiger partial charge in [0.1, 0.15) is 0 Å². The number of allylic oxidation sites excluding steroid dienone is 4. The second-order valence-electron chi connectivity index (χ2n) is 10.4. The molecule has 0 fully saturated rings. The molecule has 6 rings (SSSR count). The Morgan fingerprint density at radius 1 is 0.513 bits per heavy atom. The SMILES string of the molecule is Cc1ccc(-c2ccc(N(c3ccc(C4=CCC(C)C=C4)cc3)c3ccc(-c4ccccc4)cc3)cc2)cc1. The highest BCUT2D eigenvalue weighted by atomic mass is 15.1. The van der Waals surface area contributed by atoms with Gasteiger partial charge < -0.3 is 4.90 Å². The zero-order chi connectivity index (χ0) is 26.6. The van der Waals surface area contributed by atoms with E-state index in [4.69, 9.17) is 0 Å². The summed E-state index contributed by atoms with van der Waals surface area (Å²) in [7, 11) is 0. The van der Waals surface area contributed by atoms with Crippen LogP contribution in [0.5, 0.6) is 0 Å². The molecule has 0 bridgehead atoms. The maximum atomic E-state index is 2.35. The molecule has 0 saturated carbocycles. The zero-order valence-corrected chi connectivity index (χ0v) is 22.6. The Morgan fingerprint density at radius 2 is 0.949 bits per heavy atom. The molecule has 1 nitrogen and oxygen atoms in total. The molecule has 39 heavy (non-hydrogen) atoms. The van der Waals surface area contributed by atoms with Gasteiger partial charge in [-0.25, -0.2) is 0 Å². The summed E-state index contributed by atoms with van der Waals surface area (Å²) in [6.07, 6.45) is 8.01. The highest BCUT2D eigenvalue weighted by Gasteiger charge is 2.14. The third kappa shape index (κ3) is 5.49. The highest BCUT2D eigenvalue weighted by molar-refractivity contribution is 5.82. The molecule has 0 saturated heterocycles. The number of nitrogens with zero attached hydrogens (tertiary/aromatic N) is 1. The molecular formula is C38H33N. The molecule has 5 aromatic rings. The first-order valence-electron chi connectivity index (χ1n) is 13.8. The van der Waals surface area contributed by atoms with E-state index in [9.17, 15) is 0 Å². The van der Waals surface area contributed by atoms with Gasteiger partial charge in [0, 0.05) is 17.1 Å². The standard InChI is InChI=1S/C38H33N/c1-28-8-12-31(13-9-28)34-18-24-37(25-19-34)39(36-22-16-33(17-23-36)30-6-4-3-5-7-30)38-26-20-35(21-27-38)32-14-10-29(2)11-15-32/h3-10,12-27,29H,11H2,1-2H3. The van der Waals surface area contributed by atoms with Gasteiger partial charge in [-0.05, 0) is 89.1 Å². The van der Waals surface area contributed by atoms with Gasteiger partial charge in [-0.2, -0.15) is 0 Å². The lowest BCUT2D eigenvalue weighted by Gasteiger charge is -2.26. The van der Waals surface area contributed by atoms with Crippen molar-refractivity contribution in [3.8, 4) is 22.3 Å². The molecule has 1 aliphatic rings. The first-order chi connectivity index (χ1) is 19.1. The molecule has 1 aliphatic carbocycles. The van der Waals surface area contributed by atoms with E-state index in [1.54, 1.807) is 0 Å².